The minimum atomic E-state index is -0.241. The summed E-state index contributed by atoms with van der Waals surface area (Å²) in [6.45, 7) is 2.63. The van der Waals surface area contributed by atoms with Gasteiger partial charge in [0.2, 0.25) is 5.91 Å². The third kappa shape index (κ3) is 4.27. The van der Waals surface area contributed by atoms with Gasteiger partial charge >= 0.3 is 0 Å². The fourth-order valence-electron chi connectivity index (χ4n) is 3.54. The zero-order chi connectivity index (χ0) is 20.1. The first-order valence-corrected chi connectivity index (χ1v) is 9.39. The van der Waals surface area contributed by atoms with Crippen LogP contribution in [0, 0.1) is 6.92 Å². The van der Waals surface area contributed by atoms with Crippen molar-refractivity contribution >= 4 is 11.8 Å². The van der Waals surface area contributed by atoms with Crippen LogP contribution in [0.1, 0.15) is 40.4 Å². The number of likely N-dealkylation sites (tertiary alicyclic amines) is 1. The van der Waals surface area contributed by atoms with E-state index in [0.29, 0.717) is 23.6 Å². The van der Waals surface area contributed by atoms with E-state index in [2.05, 4.69) is 5.32 Å². The topological polar surface area (TPSA) is 67.9 Å². The number of amides is 2. The molecule has 6 heteroatoms. The summed E-state index contributed by atoms with van der Waals surface area (Å²) in [4.78, 5) is 26.9. The zero-order valence-corrected chi connectivity index (χ0v) is 16.5. The summed E-state index contributed by atoms with van der Waals surface area (Å²) in [6, 6.07) is 13.0. The Kier molecular flexibility index (Phi) is 6.19. The molecule has 2 amide bonds. The molecule has 0 radical (unpaired) electrons. The van der Waals surface area contributed by atoms with E-state index in [9.17, 15) is 9.59 Å². The maximum atomic E-state index is 12.8. The Morgan fingerprint density at radius 3 is 2.46 bits per heavy atom. The first-order valence-electron chi connectivity index (χ1n) is 9.39. The van der Waals surface area contributed by atoms with Gasteiger partial charge in [0.25, 0.3) is 5.91 Å². The van der Waals surface area contributed by atoms with Gasteiger partial charge in [-0.15, -0.1) is 0 Å². The van der Waals surface area contributed by atoms with Gasteiger partial charge < -0.3 is 19.7 Å². The fourth-order valence-corrected chi connectivity index (χ4v) is 3.54. The molecule has 1 aliphatic rings. The summed E-state index contributed by atoms with van der Waals surface area (Å²) in [7, 11) is 3.19. The number of hydrogen-bond acceptors (Lipinski definition) is 4. The SMILES string of the molecule is COc1ccc([C@@H]2CCCN2C(=O)CNC(=O)c2ccc(C)cc2)cc1OC. The molecule has 2 aromatic carbocycles. The molecular formula is C22H26N2O4. The number of carbonyl (C=O) groups excluding carboxylic acids is 2. The maximum Gasteiger partial charge on any atom is 0.251 e. The van der Waals surface area contributed by atoms with Gasteiger partial charge in [-0.1, -0.05) is 23.8 Å². The summed E-state index contributed by atoms with van der Waals surface area (Å²) in [6.07, 6.45) is 1.81. The number of benzene rings is 2. The van der Waals surface area contributed by atoms with Crippen molar-refractivity contribution in [3.05, 3.63) is 59.2 Å². The molecule has 0 spiro atoms. The van der Waals surface area contributed by atoms with Crippen LogP contribution in [0.5, 0.6) is 11.5 Å². The number of carbonyl (C=O) groups is 2. The number of methoxy groups -OCH3 is 2. The van der Waals surface area contributed by atoms with Crippen LogP contribution in [0.3, 0.4) is 0 Å². The van der Waals surface area contributed by atoms with Gasteiger partial charge in [-0.05, 0) is 49.6 Å². The van der Waals surface area contributed by atoms with Crippen LogP contribution in [-0.2, 0) is 4.79 Å². The van der Waals surface area contributed by atoms with Crippen LogP contribution in [0.25, 0.3) is 0 Å². The molecule has 28 heavy (non-hydrogen) atoms. The van der Waals surface area contributed by atoms with Gasteiger partial charge in [-0.2, -0.15) is 0 Å². The molecule has 1 aliphatic heterocycles. The van der Waals surface area contributed by atoms with Gasteiger partial charge in [0.05, 0.1) is 26.8 Å². The molecule has 1 saturated heterocycles. The lowest BCUT2D eigenvalue weighted by Gasteiger charge is -2.26. The highest BCUT2D eigenvalue weighted by Crippen LogP contribution is 2.36. The van der Waals surface area contributed by atoms with E-state index in [-0.39, 0.29) is 24.4 Å². The van der Waals surface area contributed by atoms with E-state index in [4.69, 9.17) is 9.47 Å². The molecule has 0 aliphatic carbocycles. The summed E-state index contributed by atoms with van der Waals surface area (Å²) in [5.74, 6) is 0.979. The molecular weight excluding hydrogens is 356 g/mol. The fraction of sp³-hybridized carbons (Fsp3) is 0.364. The van der Waals surface area contributed by atoms with Crippen LogP contribution in [0.2, 0.25) is 0 Å². The summed E-state index contributed by atoms with van der Waals surface area (Å²) in [5, 5.41) is 2.73. The van der Waals surface area contributed by atoms with Crippen molar-refractivity contribution in [1.82, 2.24) is 10.2 Å². The third-order valence-electron chi connectivity index (χ3n) is 5.08. The van der Waals surface area contributed by atoms with Gasteiger partial charge in [0.1, 0.15) is 0 Å². The van der Waals surface area contributed by atoms with Crippen molar-refractivity contribution in [2.75, 3.05) is 27.3 Å². The Morgan fingerprint density at radius 2 is 1.79 bits per heavy atom. The minimum Gasteiger partial charge on any atom is -0.493 e. The lowest BCUT2D eigenvalue weighted by molar-refractivity contribution is -0.131. The Labute approximate surface area is 165 Å². The molecule has 1 atom stereocenters. The highest BCUT2D eigenvalue weighted by atomic mass is 16.5. The Hall–Kier alpha value is -3.02. The molecule has 1 fully saturated rings. The Morgan fingerprint density at radius 1 is 1.07 bits per heavy atom. The Bertz CT molecular complexity index is 848. The van der Waals surface area contributed by atoms with E-state index in [0.717, 1.165) is 24.0 Å². The first kappa shape index (κ1) is 19.7. The van der Waals surface area contributed by atoms with Crippen molar-refractivity contribution in [3.8, 4) is 11.5 Å². The molecule has 2 aromatic rings. The number of aryl methyl sites for hydroxylation is 1. The van der Waals surface area contributed by atoms with Crippen LogP contribution in [-0.4, -0.2) is 44.0 Å². The molecule has 0 saturated carbocycles. The highest BCUT2D eigenvalue weighted by molar-refractivity contribution is 5.96. The van der Waals surface area contributed by atoms with Crippen molar-refractivity contribution in [2.45, 2.75) is 25.8 Å². The third-order valence-corrected chi connectivity index (χ3v) is 5.08. The van der Waals surface area contributed by atoms with Crippen molar-refractivity contribution in [3.63, 3.8) is 0 Å². The van der Waals surface area contributed by atoms with Crippen molar-refractivity contribution in [2.24, 2.45) is 0 Å². The van der Waals surface area contributed by atoms with E-state index >= 15 is 0 Å². The second kappa shape index (κ2) is 8.78. The molecule has 0 aromatic heterocycles. The van der Waals surface area contributed by atoms with Gasteiger partial charge in [0.15, 0.2) is 11.5 Å². The maximum absolute atomic E-state index is 12.8. The summed E-state index contributed by atoms with van der Waals surface area (Å²) >= 11 is 0. The number of hydrogen-bond donors (Lipinski definition) is 1. The number of nitrogens with zero attached hydrogens (tertiary/aromatic N) is 1. The van der Waals surface area contributed by atoms with Crippen LogP contribution in [0.4, 0.5) is 0 Å². The molecule has 0 unspecified atom stereocenters. The zero-order valence-electron chi connectivity index (χ0n) is 16.5. The number of rotatable bonds is 6. The lowest BCUT2D eigenvalue weighted by atomic mass is 10.0. The second-order valence-corrected chi connectivity index (χ2v) is 6.91. The smallest absolute Gasteiger partial charge is 0.251 e. The highest BCUT2D eigenvalue weighted by Gasteiger charge is 2.30. The van der Waals surface area contributed by atoms with Crippen LogP contribution < -0.4 is 14.8 Å². The standard InChI is InChI=1S/C22H26N2O4/c1-15-6-8-16(9-7-15)22(26)23-14-21(25)24-12-4-5-18(24)17-10-11-19(27-2)20(13-17)28-3/h6-11,13,18H,4-5,12,14H2,1-3H3,(H,23,26)/t18-/m0/s1. The van der Waals surface area contributed by atoms with Crippen molar-refractivity contribution in [1.29, 1.82) is 0 Å². The first-order chi connectivity index (χ1) is 13.5. The largest absolute Gasteiger partial charge is 0.493 e. The molecule has 1 N–H and O–H groups in total. The monoisotopic (exact) mass is 382 g/mol. The number of ether oxygens (including phenoxy) is 2. The van der Waals surface area contributed by atoms with E-state index in [1.807, 2.05) is 42.2 Å². The minimum absolute atomic E-state index is 0.0174. The molecule has 1 heterocycles. The van der Waals surface area contributed by atoms with Gasteiger partial charge in [0, 0.05) is 12.1 Å². The predicted octanol–water partition coefficient (Wildman–Crippen LogP) is 3.11. The normalized spacial score (nSPS) is 16.0. The lowest BCUT2D eigenvalue weighted by Crippen LogP contribution is -2.39. The summed E-state index contributed by atoms with van der Waals surface area (Å²) < 4.78 is 10.7. The number of nitrogens with one attached hydrogen (secondary N) is 1. The van der Waals surface area contributed by atoms with E-state index in [1.165, 1.54) is 0 Å². The van der Waals surface area contributed by atoms with Crippen molar-refractivity contribution < 1.29 is 19.1 Å². The Balaban J connectivity index is 1.66. The average Bonchev–Trinajstić information content (AvgIpc) is 3.21. The molecule has 3 rings (SSSR count). The second-order valence-electron chi connectivity index (χ2n) is 6.91. The van der Waals surface area contributed by atoms with Crippen LogP contribution in [0.15, 0.2) is 42.5 Å². The average molecular weight is 382 g/mol. The van der Waals surface area contributed by atoms with E-state index in [1.54, 1.807) is 26.4 Å². The molecule has 148 valence electrons. The molecule has 6 nitrogen and oxygen atoms in total. The predicted molar refractivity (Wildman–Crippen MR) is 107 cm³/mol. The molecule has 0 bridgehead atoms. The van der Waals surface area contributed by atoms with E-state index < -0.39 is 0 Å². The van der Waals surface area contributed by atoms with Gasteiger partial charge in [-0.25, -0.2) is 0 Å². The van der Waals surface area contributed by atoms with Crippen LogP contribution >= 0.6 is 0 Å². The quantitative estimate of drug-likeness (QED) is 0.834. The van der Waals surface area contributed by atoms with Gasteiger partial charge in [-0.3, -0.25) is 9.59 Å². The summed E-state index contributed by atoms with van der Waals surface area (Å²) in [5.41, 5.74) is 2.65.